The summed E-state index contributed by atoms with van der Waals surface area (Å²) in [4.78, 5) is 28.3. The van der Waals surface area contributed by atoms with Gasteiger partial charge < -0.3 is 14.2 Å². The molecule has 0 aliphatic carbocycles. The minimum atomic E-state index is -0.568. The fraction of sp³-hybridized carbons (Fsp3) is 0.190. The van der Waals surface area contributed by atoms with E-state index in [2.05, 4.69) is 4.99 Å². The molecule has 7 heteroatoms. The number of hydrogen-bond donors (Lipinski definition) is 0. The zero-order valence-electron chi connectivity index (χ0n) is 15.6. The molecule has 144 valence electrons. The van der Waals surface area contributed by atoms with Crippen LogP contribution in [-0.2, 0) is 14.3 Å². The smallest absolute Gasteiger partial charge is 0.363 e. The number of cyclic esters (lactones) is 1. The summed E-state index contributed by atoms with van der Waals surface area (Å²) >= 11 is 5.87. The van der Waals surface area contributed by atoms with E-state index in [0.717, 1.165) is 0 Å². The van der Waals surface area contributed by atoms with Crippen LogP contribution >= 0.6 is 11.6 Å². The number of nitrogens with zero attached hydrogens (tertiary/aromatic N) is 1. The topological polar surface area (TPSA) is 74.2 Å². The largest absolute Gasteiger partial charge is 0.493 e. The molecule has 0 N–H and O–H groups in total. The van der Waals surface area contributed by atoms with Crippen molar-refractivity contribution < 1.29 is 23.8 Å². The van der Waals surface area contributed by atoms with Gasteiger partial charge in [0.1, 0.15) is 0 Å². The molecule has 0 spiro atoms. The minimum Gasteiger partial charge on any atom is -0.493 e. The molecule has 0 saturated heterocycles. The maximum Gasteiger partial charge on any atom is 0.363 e. The number of rotatable bonds is 5. The van der Waals surface area contributed by atoms with Crippen molar-refractivity contribution in [3.05, 3.63) is 64.3 Å². The highest BCUT2D eigenvalue weighted by Gasteiger charge is 2.24. The average Bonchev–Trinajstić information content (AvgIpc) is 3.03. The van der Waals surface area contributed by atoms with Crippen molar-refractivity contribution in [2.75, 3.05) is 7.11 Å². The Morgan fingerprint density at radius 1 is 1.14 bits per heavy atom. The molecule has 1 heterocycles. The molecule has 28 heavy (non-hydrogen) atoms. The maximum atomic E-state index is 12.2. The Bertz CT molecular complexity index is 977. The molecule has 3 rings (SSSR count). The minimum absolute atomic E-state index is 0.135. The fourth-order valence-corrected chi connectivity index (χ4v) is 2.50. The van der Waals surface area contributed by atoms with Gasteiger partial charge in [-0.3, -0.25) is 4.79 Å². The van der Waals surface area contributed by atoms with Gasteiger partial charge in [-0.1, -0.05) is 31.5 Å². The van der Waals surface area contributed by atoms with E-state index in [0.29, 0.717) is 21.9 Å². The van der Waals surface area contributed by atoms with E-state index >= 15 is 0 Å². The molecular formula is C21H18ClNO5. The highest BCUT2D eigenvalue weighted by molar-refractivity contribution is 6.30. The Kier molecular flexibility index (Phi) is 5.80. The predicted octanol–water partition coefficient (Wildman–Crippen LogP) is 4.25. The van der Waals surface area contributed by atoms with Crippen LogP contribution in [0.2, 0.25) is 5.02 Å². The summed E-state index contributed by atoms with van der Waals surface area (Å²) in [5.41, 5.74) is 1.39. The highest BCUT2D eigenvalue weighted by atomic mass is 35.5. The first-order valence-electron chi connectivity index (χ1n) is 8.55. The standard InChI is InChI=1S/C21H18ClNO5/c1-12(2)20(24)27-18-11-13(4-9-17(18)26-3)10-16-21(25)28-19(23-16)14-5-7-15(22)8-6-14/h4-12H,1-3H3. The van der Waals surface area contributed by atoms with Crippen molar-refractivity contribution in [2.45, 2.75) is 13.8 Å². The van der Waals surface area contributed by atoms with Gasteiger partial charge in [0.25, 0.3) is 0 Å². The number of ether oxygens (including phenoxy) is 3. The molecule has 0 radical (unpaired) electrons. The molecule has 6 nitrogen and oxygen atoms in total. The second-order valence-corrected chi connectivity index (χ2v) is 6.77. The zero-order chi connectivity index (χ0) is 20.3. The van der Waals surface area contributed by atoms with Crippen LogP contribution in [-0.4, -0.2) is 24.9 Å². The zero-order valence-corrected chi connectivity index (χ0v) is 16.3. The molecule has 1 aliphatic heterocycles. The Labute approximate surface area is 167 Å². The van der Waals surface area contributed by atoms with Crippen LogP contribution in [0.3, 0.4) is 0 Å². The van der Waals surface area contributed by atoms with Crippen LogP contribution < -0.4 is 9.47 Å². The third kappa shape index (κ3) is 4.40. The van der Waals surface area contributed by atoms with Gasteiger partial charge in [0.2, 0.25) is 5.90 Å². The van der Waals surface area contributed by atoms with E-state index in [1.54, 1.807) is 62.4 Å². The van der Waals surface area contributed by atoms with Gasteiger partial charge in [0.15, 0.2) is 17.2 Å². The summed E-state index contributed by atoms with van der Waals surface area (Å²) in [6, 6.07) is 11.8. The third-order valence-electron chi connectivity index (χ3n) is 3.88. The van der Waals surface area contributed by atoms with Crippen molar-refractivity contribution in [2.24, 2.45) is 10.9 Å². The second-order valence-electron chi connectivity index (χ2n) is 6.33. The van der Waals surface area contributed by atoms with E-state index in [-0.39, 0.29) is 29.2 Å². The van der Waals surface area contributed by atoms with Crippen molar-refractivity contribution in [1.82, 2.24) is 0 Å². The van der Waals surface area contributed by atoms with Gasteiger partial charge in [0.05, 0.1) is 13.0 Å². The van der Waals surface area contributed by atoms with Gasteiger partial charge in [-0.25, -0.2) is 9.79 Å². The molecule has 0 bridgehead atoms. The number of hydrogen-bond acceptors (Lipinski definition) is 6. The molecule has 0 unspecified atom stereocenters. The molecule has 0 amide bonds. The first kappa shape index (κ1) is 19.6. The number of benzene rings is 2. The van der Waals surface area contributed by atoms with E-state index in [1.807, 2.05) is 0 Å². The first-order chi connectivity index (χ1) is 13.4. The van der Waals surface area contributed by atoms with Crippen molar-refractivity contribution in [3.63, 3.8) is 0 Å². The summed E-state index contributed by atoms with van der Waals surface area (Å²) < 4.78 is 15.8. The summed E-state index contributed by atoms with van der Waals surface area (Å²) in [5.74, 6) is -0.358. The Hall–Kier alpha value is -3.12. The van der Waals surface area contributed by atoms with Crippen LogP contribution in [0.4, 0.5) is 0 Å². The number of halogens is 1. The molecule has 0 atom stereocenters. The van der Waals surface area contributed by atoms with Gasteiger partial charge in [-0.15, -0.1) is 0 Å². The molecule has 2 aromatic rings. The monoisotopic (exact) mass is 399 g/mol. The van der Waals surface area contributed by atoms with E-state index in [9.17, 15) is 9.59 Å². The summed E-state index contributed by atoms with van der Waals surface area (Å²) in [6.07, 6.45) is 1.55. The second kappa shape index (κ2) is 8.27. The average molecular weight is 400 g/mol. The SMILES string of the molecule is COc1ccc(C=C2N=C(c3ccc(Cl)cc3)OC2=O)cc1OC(=O)C(C)C. The number of methoxy groups -OCH3 is 1. The van der Waals surface area contributed by atoms with Crippen LogP contribution in [0.5, 0.6) is 11.5 Å². The number of carbonyl (C=O) groups is 2. The Balaban J connectivity index is 1.90. The lowest BCUT2D eigenvalue weighted by Gasteiger charge is -2.11. The predicted molar refractivity (Wildman–Crippen MR) is 106 cm³/mol. The van der Waals surface area contributed by atoms with Crippen LogP contribution in [0.25, 0.3) is 6.08 Å². The quantitative estimate of drug-likeness (QED) is 0.426. The fourth-order valence-electron chi connectivity index (χ4n) is 2.37. The first-order valence-corrected chi connectivity index (χ1v) is 8.93. The summed E-state index contributed by atoms with van der Waals surface area (Å²) in [6.45, 7) is 3.48. The lowest BCUT2D eigenvalue weighted by molar-refractivity contribution is -0.137. The van der Waals surface area contributed by atoms with E-state index in [4.69, 9.17) is 25.8 Å². The number of aliphatic imine (C=N–C) groups is 1. The van der Waals surface area contributed by atoms with Gasteiger partial charge in [0, 0.05) is 10.6 Å². The Morgan fingerprint density at radius 2 is 1.86 bits per heavy atom. The van der Waals surface area contributed by atoms with Gasteiger partial charge in [-0.2, -0.15) is 0 Å². The van der Waals surface area contributed by atoms with Crippen molar-refractivity contribution in [3.8, 4) is 11.5 Å². The third-order valence-corrected chi connectivity index (χ3v) is 4.14. The van der Waals surface area contributed by atoms with Crippen LogP contribution in [0.15, 0.2) is 53.2 Å². The molecule has 0 fully saturated rings. The molecule has 2 aromatic carbocycles. The summed E-state index contributed by atoms with van der Waals surface area (Å²) in [5, 5.41) is 0.575. The summed E-state index contributed by atoms with van der Waals surface area (Å²) in [7, 11) is 1.48. The van der Waals surface area contributed by atoms with E-state index < -0.39 is 5.97 Å². The lowest BCUT2D eigenvalue weighted by atomic mass is 10.1. The normalized spacial score (nSPS) is 14.8. The number of carbonyl (C=O) groups excluding carboxylic acids is 2. The highest BCUT2D eigenvalue weighted by Crippen LogP contribution is 2.30. The number of esters is 2. The van der Waals surface area contributed by atoms with Crippen LogP contribution in [0.1, 0.15) is 25.0 Å². The van der Waals surface area contributed by atoms with Crippen LogP contribution in [0, 0.1) is 5.92 Å². The molecule has 0 aromatic heterocycles. The Morgan fingerprint density at radius 3 is 2.50 bits per heavy atom. The van der Waals surface area contributed by atoms with Gasteiger partial charge >= 0.3 is 11.9 Å². The van der Waals surface area contributed by atoms with Crippen molar-refractivity contribution in [1.29, 1.82) is 0 Å². The lowest BCUT2D eigenvalue weighted by Crippen LogP contribution is -2.15. The maximum absolute atomic E-state index is 12.2. The molecule has 1 aliphatic rings. The van der Waals surface area contributed by atoms with Gasteiger partial charge in [-0.05, 0) is 48.0 Å². The van der Waals surface area contributed by atoms with E-state index in [1.165, 1.54) is 7.11 Å². The van der Waals surface area contributed by atoms with Crippen molar-refractivity contribution >= 4 is 35.5 Å². The molecule has 0 saturated carbocycles. The molecular weight excluding hydrogens is 382 g/mol.